The van der Waals surface area contributed by atoms with E-state index in [0.717, 1.165) is 5.06 Å². The molecule has 0 bridgehead atoms. The highest BCUT2D eigenvalue weighted by Gasteiger charge is 2.25. The van der Waals surface area contributed by atoms with Crippen molar-refractivity contribution in [3.05, 3.63) is 12.3 Å². The summed E-state index contributed by atoms with van der Waals surface area (Å²) in [5.74, 6) is -0.211. The van der Waals surface area contributed by atoms with Crippen LogP contribution in [0.15, 0.2) is 12.3 Å². The number of nitrogens with zero attached hydrogens (tertiary/aromatic N) is 1. The third-order valence-corrected chi connectivity index (χ3v) is 1.29. The molecule has 0 spiro atoms. The number of carbonyl (C=O) groups is 2. The van der Waals surface area contributed by atoms with Gasteiger partial charge in [-0.15, -0.1) is 5.06 Å². The molecule has 4 heteroatoms. The summed E-state index contributed by atoms with van der Waals surface area (Å²) < 4.78 is 0. The van der Waals surface area contributed by atoms with Gasteiger partial charge in [0.05, 0.1) is 5.70 Å². The summed E-state index contributed by atoms with van der Waals surface area (Å²) in [6.07, 6.45) is 0.958. The van der Waals surface area contributed by atoms with Gasteiger partial charge in [0.25, 0.3) is 5.91 Å². The molecule has 4 nitrogen and oxygen atoms in total. The van der Waals surface area contributed by atoms with Gasteiger partial charge in [0.2, 0.25) is 0 Å². The summed E-state index contributed by atoms with van der Waals surface area (Å²) in [6.45, 7) is 3.74. The van der Waals surface area contributed by atoms with Crippen LogP contribution in [0.2, 0.25) is 0 Å². The minimum Gasteiger partial charge on any atom is -0.337 e. The van der Waals surface area contributed by atoms with Crippen LogP contribution in [0.1, 0.15) is 12.8 Å². The molecular formula is C6H7NO3. The summed E-state index contributed by atoms with van der Waals surface area (Å²) in [5.41, 5.74) is 0.539. The summed E-state index contributed by atoms with van der Waals surface area (Å²) in [6, 6.07) is 0. The van der Waals surface area contributed by atoms with E-state index in [9.17, 15) is 9.59 Å². The molecule has 1 heterocycles. The van der Waals surface area contributed by atoms with Gasteiger partial charge in [-0.1, -0.05) is 6.58 Å². The lowest BCUT2D eigenvalue weighted by Crippen LogP contribution is -2.22. The van der Waals surface area contributed by atoms with Crippen LogP contribution >= 0.6 is 0 Å². The number of amides is 1. The molecule has 0 aromatic rings. The molecule has 0 unspecified atom stereocenters. The third-order valence-electron chi connectivity index (χ3n) is 1.29. The second-order valence-corrected chi connectivity index (χ2v) is 1.96. The van der Waals surface area contributed by atoms with Crippen molar-refractivity contribution in [1.29, 1.82) is 0 Å². The van der Waals surface area contributed by atoms with Crippen molar-refractivity contribution in [2.45, 2.75) is 12.8 Å². The molecule has 0 saturated carbocycles. The van der Waals surface area contributed by atoms with Crippen LogP contribution < -0.4 is 0 Å². The molecular weight excluding hydrogens is 134 g/mol. The number of rotatable bonds is 2. The van der Waals surface area contributed by atoms with Gasteiger partial charge in [-0.3, -0.25) is 9.59 Å². The maximum Gasteiger partial charge on any atom is 0.321 e. The molecule has 0 aromatic heterocycles. The van der Waals surface area contributed by atoms with Gasteiger partial charge in [0.1, 0.15) is 0 Å². The molecule has 1 fully saturated rings. The molecule has 10 heavy (non-hydrogen) atoms. The quantitative estimate of drug-likeness (QED) is 0.516. The topological polar surface area (TPSA) is 46.6 Å². The van der Waals surface area contributed by atoms with Crippen molar-refractivity contribution < 1.29 is 14.4 Å². The normalized spacial score (nSPS) is 17.8. The predicted octanol–water partition coefficient (Wildman–Crippen LogP) is 0.211. The second kappa shape index (κ2) is 2.51. The lowest BCUT2D eigenvalue weighted by atomic mass is 10.3. The maximum absolute atomic E-state index is 10.8. The smallest absolute Gasteiger partial charge is 0.321 e. The van der Waals surface area contributed by atoms with E-state index in [2.05, 4.69) is 11.4 Å². The summed E-state index contributed by atoms with van der Waals surface area (Å²) in [5, 5.41) is 0.924. The third kappa shape index (κ3) is 1.00. The standard InChI is InChI=1S/C6H7NO3/c1-5-2-3-6(9)7(5)10-4-8/h4H,1-3H2. The summed E-state index contributed by atoms with van der Waals surface area (Å²) in [4.78, 5) is 24.9. The first kappa shape index (κ1) is 6.80. The van der Waals surface area contributed by atoms with Crippen LogP contribution in [0.4, 0.5) is 0 Å². The molecule has 1 saturated heterocycles. The van der Waals surface area contributed by atoms with Gasteiger partial charge >= 0.3 is 6.47 Å². The first-order chi connectivity index (χ1) is 4.75. The Morgan fingerprint density at radius 1 is 1.60 bits per heavy atom. The van der Waals surface area contributed by atoms with Crippen LogP contribution in [0.5, 0.6) is 0 Å². The summed E-state index contributed by atoms with van der Waals surface area (Å²) >= 11 is 0. The van der Waals surface area contributed by atoms with E-state index < -0.39 is 0 Å². The Morgan fingerprint density at radius 2 is 2.30 bits per heavy atom. The predicted molar refractivity (Wildman–Crippen MR) is 32.4 cm³/mol. The Kier molecular flexibility index (Phi) is 1.71. The van der Waals surface area contributed by atoms with Crippen molar-refractivity contribution in [3.8, 4) is 0 Å². The minimum atomic E-state index is -0.211. The molecule has 54 valence electrons. The first-order valence-corrected chi connectivity index (χ1v) is 2.87. The van der Waals surface area contributed by atoms with E-state index in [1.165, 1.54) is 0 Å². The zero-order chi connectivity index (χ0) is 7.56. The van der Waals surface area contributed by atoms with Crippen LogP contribution in [-0.4, -0.2) is 17.4 Å². The van der Waals surface area contributed by atoms with Gasteiger partial charge < -0.3 is 4.84 Å². The van der Waals surface area contributed by atoms with Crippen LogP contribution in [-0.2, 0) is 14.4 Å². The van der Waals surface area contributed by atoms with Gasteiger partial charge in [0.15, 0.2) is 0 Å². The Bertz CT molecular complexity index is 171. The Labute approximate surface area is 58.0 Å². The second-order valence-electron chi connectivity index (χ2n) is 1.96. The van der Waals surface area contributed by atoms with E-state index in [1.54, 1.807) is 0 Å². The SMILES string of the molecule is C=C1CCC(=O)N1OC=O. The van der Waals surface area contributed by atoms with Gasteiger partial charge in [-0.2, -0.15) is 0 Å². The average molecular weight is 141 g/mol. The van der Waals surface area contributed by atoms with E-state index in [1.807, 2.05) is 0 Å². The first-order valence-electron chi connectivity index (χ1n) is 2.87. The lowest BCUT2D eigenvalue weighted by Gasteiger charge is -2.10. The van der Waals surface area contributed by atoms with Crippen LogP contribution in [0.25, 0.3) is 0 Å². The molecule has 1 aliphatic heterocycles. The van der Waals surface area contributed by atoms with E-state index >= 15 is 0 Å². The van der Waals surface area contributed by atoms with Crippen molar-refractivity contribution in [2.24, 2.45) is 0 Å². The van der Waals surface area contributed by atoms with E-state index in [-0.39, 0.29) is 12.4 Å². The van der Waals surface area contributed by atoms with Crippen LogP contribution in [0, 0.1) is 0 Å². The van der Waals surface area contributed by atoms with Gasteiger partial charge in [0, 0.05) is 6.42 Å². The van der Waals surface area contributed by atoms with Crippen LogP contribution in [0.3, 0.4) is 0 Å². The highest BCUT2D eigenvalue weighted by molar-refractivity contribution is 5.80. The van der Waals surface area contributed by atoms with E-state index in [4.69, 9.17) is 0 Å². The fourth-order valence-electron chi connectivity index (χ4n) is 0.807. The number of hydrogen-bond donors (Lipinski definition) is 0. The fourth-order valence-corrected chi connectivity index (χ4v) is 0.807. The molecule has 1 rings (SSSR count). The van der Waals surface area contributed by atoms with Crippen molar-refractivity contribution in [3.63, 3.8) is 0 Å². The van der Waals surface area contributed by atoms with Gasteiger partial charge in [-0.05, 0) is 6.42 Å². The van der Waals surface area contributed by atoms with Crippen molar-refractivity contribution in [1.82, 2.24) is 5.06 Å². The minimum absolute atomic E-state index is 0.211. The monoisotopic (exact) mass is 141 g/mol. The Hall–Kier alpha value is -1.32. The molecule has 1 aliphatic rings. The number of allylic oxidation sites excluding steroid dienone is 1. The average Bonchev–Trinajstić information content (AvgIpc) is 2.20. The largest absolute Gasteiger partial charge is 0.337 e. The number of hydrogen-bond acceptors (Lipinski definition) is 3. The zero-order valence-electron chi connectivity index (χ0n) is 5.37. The number of carbonyl (C=O) groups excluding carboxylic acids is 2. The molecule has 0 N–H and O–H groups in total. The Balaban J connectivity index is 2.62. The highest BCUT2D eigenvalue weighted by atomic mass is 16.7. The molecule has 0 radical (unpaired) electrons. The molecule has 0 aromatic carbocycles. The van der Waals surface area contributed by atoms with E-state index in [0.29, 0.717) is 18.5 Å². The lowest BCUT2D eigenvalue weighted by molar-refractivity contribution is -0.174. The summed E-state index contributed by atoms with van der Waals surface area (Å²) in [7, 11) is 0. The number of hydroxylamine groups is 2. The molecule has 1 amide bonds. The van der Waals surface area contributed by atoms with Crippen molar-refractivity contribution >= 4 is 12.4 Å². The van der Waals surface area contributed by atoms with Crippen molar-refractivity contribution in [2.75, 3.05) is 0 Å². The Morgan fingerprint density at radius 3 is 2.70 bits per heavy atom. The highest BCUT2D eigenvalue weighted by Crippen LogP contribution is 2.19. The van der Waals surface area contributed by atoms with Gasteiger partial charge in [-0.25, -0.2) is 0 Å². The maximum atomic E-state index is 10.8. The molecule has 0 atom stereocenters. The zero-order valence-corrected chi connectivity index (χ0v) is 5.37. The fraction of sp³-hybridized carbons (Fsp3) is 0.333. The molecule has 0 aliphatic carbocycles.